The van der Waals surface area contributed by atoms with E-state index in [0.717, 1.165) is 11.1 Å². The van der Waals surface area contributed by atoms with E-state index in [1.54, 1.807) is 36.3 Å². The Morgan fingerprint density at radius 1 is 0.912 bits per heavy atom. The second-order valence-electron chi connectivity index (χ2n) is 7.96. The van der Waals surface area contributed by atoms with E-state index < -0.39 is 17.7 Å². The topological polar surface area (TPSA) is 76.1 Å². The van der Waals surface area contributed by atoms with Crippen LogP contribution in [-0.2, 0) is 16.0 Å². The Bertz CT molecular complexity index is 1180. The molecule has 1 fully saturated rings. The van der Waals surface area contributed by atoms with Gasteiger partial charge in [0.15, 0.2) is 0 Å². The third-order valence-corrected chi connectivity index (χ3v) is 5.89. The highest BCUT2D eigenvalue weighted by Crippen LogP contribution is 2.40. The van der Waals surface area contributed by atoms with Crippen molar-refractivity contribution in [3.63, 3.8) is 0 Å². The number of likely N-dealkylation sites (tertiary alicyclic amines) is 1. The van der Waals surface area contributed by atoms with Gasteiger partial charge in [0.1, 0.15) is 17.3 Å². The molecule has 1 saturated heterocycles. The maximum Gasteiger partial charge on any atom is 0.295 e. The van der Waals surface area contributed by atoms with Crippen LogP contribution >= 0.6 is 0 Å². The third kappa shape index (κ3) is 4.66. The fraction of sp³-hybridized carbons (Fsp3) is 0.214. The summed E-state index contributed by atoms with van der Waals surface area (Å²) in [7, 11) is 1.55. The Kier molecular flexibility index (Phi) is 6.97. The van der Waals surface area contributed by atoms with Gasteiger partial charge in [0.05, 0.1) is 25.3 Å². The number of hydrogen-bond donors (Lipinski definition) is 1. The molecule has 3 aromatic rings. The van der Waals surface area contributed by atoms with Gasteiger partial charge in [0.25, 0.3) is 11.7 Å². The minimum Gasteiger partial charge on any atom is -0.507 e. The number of ketones is 1. The van der Waals surface area contributed by atoms with E-state index >= 15 is 0 Å². The summed E-state index contributed by atoms with van der Waals surface area (Å²) in [4.78, 5) is 27.8. The van der Waals surface area contributed by atoms with Gasteiger partial charge in [-0.1, -0.05) is 42.5 Å². The highest BCUT2D eigenvalue weighted by molar-refractivity contribution is 6.46. The zero-order valence-corrected chi connectivity index (χ0v) is 19.2. The summed E-state index contributed by atoms with van der Waals surface area (Å²) >= 11 is 0. The summed E-state index contributed by atoms with van der Waals surface area (Å²) in [6.07, 6.45) is 0.587. The molecular formula is C28H27NO5. The van der Waals surface area contributed by atoms with E-state index in [4.69, 9.17) is 9.47 Å². The van der Waals surface area contributed by atoms with Crippen molar-refractivity contribution >= 4 is 17.4 Å². The summed E-state index contributed by atoms with van der Waals surface area (Å²) in [6, 6.07) is 23.1. The standard InChI is InChI=1S/C28H27NO5/c1-3-34-23-15-9-20(10-16-23)25-24(26(30)21-11-13-22(33-2)14-12-21)27(31)28(32)29(25)18-17-19-7-5-4-6-8-19/h4-16,25,30H,3,17-18H2,1-2H3. The number of methoxy groups -OCH3 is 1. The number of ether oxygens (including phenoxy) is 2. The van der Waals surface area contributed by atoms with Crippen molar-refractivity contribution in [1.29, 1.82) is 0 Å². The molecule has 0 spiro atoms. The van der Waals surface area contributed by atoms with Gasteiger partial charge >= 0.3 is 0 Å². The molecule has 1 amide bonds. The molecule has 0 bridgehead atoms. The maximum absolute atomic E-state index is 13.2. The molecule has 34 heavy (non-hydrogen) atoms. The Labute approximate surface area is 199 Å². The number of rotatable bonds is 8. The van der Waals surface area contributed by atoms with Gasteiger partial charge in [0.2, 0.25) is 0 Å². The summed E-state index contributed by atoms with van der Waals surface area (Å²) in [5, 5.41) is 11.2. The van der Waals surface area contributed by atoms with Gasteiger partial charge in [-0.3, -0.25) is 9.59 Å². The van der Waals surface area contributed by atoms with E-state index in [1.807, 2.05) is 61.5 Å². The van der Waals surface area contributed by atoms with Crippen molar-refractivity contribution in [1.82, 2.24) is 4.90 Å². The number of carbonyl (C=O) groups is 2. The van der Waals surface area contributed by atoms with E-state index in [9.17, 15) is 14.7 Å². The predicted octanol–water partition coefficient (Wildman–Crippen LogP) is 4.76. The minimum absolute atomic E-state index is 0.0763. The third-order valence-electron chi connectivity index (χ3n) is 5.89. The molecule has 0 radical (unpaired) electrons. The van der Waals surface area contributed by atoms with Crippen LogP contribution < -0.4 is 9.47 Å². The van der Waals surface area contributed by atoms with E-state index in [-0.39, 0.29) is 11.3 Å². The number of amides is 1. The number of benzene rings is 3. The lowest BCUT2D eigenvalue weighted by molar-refractivity contribution is -0.139. The summed E-state index contributed by atoms with van der Waals surface area (Å²) in [5.41, 5.74) is 2.31. The zero-order chi connectivity index (χ0) is 24.1. The number of hydrogen-bond acceptors (Lipinski definition) is 5. The largest absolute Gasteiger partial charge is 0.507 e. The van der Waals surface area contributed by atoms with Gasteiger partial charge in [-0.2, -0.15) is 0 Å². The molecule has 1 heterocycles. The lowest BCUT2D eigenvalue weighted by atomic mass is 9.95. The molecule has 0 aliphatic carbocycles. The molecule has 6 heteroatoms. The number of nitrogens with zero attached hydrogens (tertiary/aromatic N) is 1. The summed E-state index contributed by atoms with van der Waals surface area (Å²) < 4.78 is 10.7. The Balaban J connectivity index is 1.76. The van der Waals surface area contributed by atoms with Gasteiger partial charge in [-0.15, -0.1) is 0 Å². The van der Waals surface area contributed by atoms with E-state index in [1.165, 1.54) is 0 Å². The summed E-state index contributed by atoms with van der Waals surface area (Å²) in [6.45, 7) is 2.78. The first-order valence-corrected chi connectivity index (χ1v) is 11.2. The Morgan fingerprint density at radius 3 is 2.18 bits per heavy atom. The molecule has 1 aliphatic heterocycles. The average Bonchev–Trinajstić information content (AvgIpc) is 3.13. The fourth-order valence-corrected chi connectivity index (χ4v) is 4.17. The average molecular weight is 458 g/mol. The van der Waals surface area contributed by atoms with Crippen LogP contribution in [0.3, 0.4) is 0 Å². The van der Waals surface area contributed by atoms with Crippen molar-refractivity contribution < 1.29 is 24.2 Å². The molecule has 0 aromatic heterocycles. The molecule has 4 rings (SSSR count). The second kappa shape index (κ2) is 10.3. The van der Waals surface area contributed by atoms with Crippen LogP contribution in [0, 0.1) is 0 Å². The van der Waals surface area contributed by atoms with E-state index in [0.29, 0.717) is 36.6 Å². The first-order valence-electron chi connectivity index (χ1n) is 11.2. The number of carbonyl (C=O) groups excluding carboxylic acids is 2. The molecule has 0 saturated carbocycles. The first-order chi connectivity index (χ1) is 16.5. The van der Waals surface area contributed by atoms with Crippen LogP contribution in [0.5, 0.6) is 11.5 Å². The van der Waals surface area contributed by atoms with Crippen LogP contribution in [0.4, 0.5) is 0 Å². The second-order valence-corrected chi connectivity index (χ2v) is 7.96. The smallest absolute Gasteiger partial charge is 0.295 e. The van der Waals surface area contributed by atoms with Crippen molar-refractivity contribution in [2.45, 2.75) is 19.4 Å². The van der Waals surface area contributed by atoms with Gasteiger partial charge in [-0.25, -0.2) is 0 Å². The lowest BCUT2D eigenvalue weighted by Crippen LogP contribution is -2.31. The Hall–Kier alpha value is -4.06. The predicted molar refractivity (Wildman–Crippen MR) is 130 cm³/mol. The molecule has 1 aliphatic rings. The van der Waals surface area contributed by atoms with Crippen molar-refractivity contribution in [3.05, 3.63) is 101 Å². The highest BCUT2D eigenvalue weighted by atomic mass is 16.5. The van der Waals surface area contributed by atoms with Crippen LogP contribution in [-0.4, -0.2) is 42.0 Å². The number of aliphatic hydroxyl groups is 1. The van der Waals surface area contributed by atoms with Crippen LogP contribution in [0.25, 0.3) is 5.76 Å². The van der Waals surface area contributed by atoms with Gasteiger partial charge in [0, 0.05) is 12.1 Å². The number of Topliss-reactive ketones (excluding diaryl/α,β-unsaturated/α-hetero) is 1. The van der Waals surface area contributed by atoms with Crippen LogP contribution in [0.1, 0.15) is 29.7 Å². The van der Waals surface area contributed by atoms with Crippen molar-refractivity contribution in [2.24, 2.45) is 0 Å². The van der Waals surface area contributed by atoms with Crippen molar-refractivity contribution in [3.8, 4) is 11.5 Å². The molecule has 3 aromatic carbocycles. The van der Waals surface area contributed by atoms with E-state index in [2.05, 4.69) is 0 Å². The fourth-order valence-electron chi connectivity index (χ4n) is 4.17. The molecule has 1 atom stereocenters. The number of aliphatic hydroxyl groups excluding tert-OH is 1. The molecule has 6 nitrogen and oxygen atoms in total. The Morgan fingerprint density at radius 2 is 1.56 bits per heavy atom. The molecule has 1 N–H and O–H groups in total. The first kappa shape index (κ1) is 23.1. The van der Waals surface area contributed by atoms with Crippen molar-refractivity contribution in [2.75, 3.05) is 20.3 Å². The van der Waals surface area contributed by atoms with Crippen LogP contribution in [0.15, 0.2) is 84.4 Å². The zero-order valence-electron chi connectivity index (χ0n) is 19.2. The molecule has 174 valence electrons. The molecular weight excluding hydrogens is 430 g/mol. The van der Waals surface area contributed by atoms with Gasteiger partial charge < -0.3 is 19.5 Å². The monoisotopic (exact) mass is 457 g/mol. The maximum atomic E-state index is 13.2. The highest BCUT2D eigenvalue weighted by Gasteiger charge is 2.45. The normalized spacial score (nSPS) is 17.1. The van der Waals surface area contributed by atoms with Gasteiger partial charge in [-0.05, 0) is 60.9 Å². The van der Waals surface area contributed by atoms with Crippen LogP contribution in [0.2, 0.25) is 0 Å². The summed E-state index contributed by atoms with van der Waals surface area (Å²) in [5.74, 6) is -0.196. The SMILES string of the molecule is CCOc1ccc(C2C(=C(O)c3ccc(OC)cc3)C(=O)C(=O)N2CCc2ccccc2)cc1. The minimum atomic E-state index is -0.707. The quantitative estimate of drug-likeness (QED) is 0.300. The molecule has 1 unspecified atom stereocenters. The lowest BCUT2D eigenvalue weighted by Gasteiger charge is -2.25.